The molecule has 1 N–H and O–H groups in total. The monoisotopic (exact) mass is 365 g/mol. The number of nitrogens with zero attached hydrogens (tertiary/aromatic N) is 2. The van der Waals surface area contributed by atoms with Crippen LogP contribution in [-0.4, -0.2) is 27.4 Å². The van der Waals surface area contributed by atoms with E-state index in [0.717, 1.165) is 16.2 Å². The van der Waals surface area contributed by atoms with Gasteiger partial charge in [-0.3, -0.25) is 14.2 Å². The zero-order chi connectivity index (χ0) is 18.1. The third-order valence-corrected chi connectivity index (χ3v) is 5.25. The van der Waals surface area contributed by atoms with Gasteiger partial charge in [0.1, 0.15) is 10.4 Å². The Kier molecular flexibility index (Phi) is 4.14. The number of Topliss-reactive ketones (excluding diaryl/α,β-unsaturated/α-hetero) is 1. The Morgan fingerprint density at radius 3 is 2.77 bits per heavy atom. The fourth-order valence-electron chi connectivity index (χ4n) is 2.70. The van der Waals surface area contributed by atoms with Crippen molar-refractivity contribution in [2.24, 2.45) is 0 Å². The van der Waals surface area contributed by atoms with Gasteiger partial charge in [-0.1, -0.05) is 0 Å². The van der Waals surface area contributed by atoms with Crippen molar-refractivity contribution in [2.75, 3.05) is 7.11 Å². The van der Waals surface area contributed by atoms with E-state index in [1.165, 1.54) is 22.2 Å². The number of methoxy groups -OCH3 is 1. The lowest BCUT2D eigenvalue weighted by Gasteiger charge is -2.03. The molecule has 3 heterocycles. The largest absolute Gasteiger partial charge is 0.497 e. The standard InChI is InChI=1S/C19H15N3O3S/c1-25-13-6-4-12(5-7-13)17-9-15-18(26-17)19(24)22(11-21-15)10-16(23)14-3-2-8-20-14/h2-9,11,20H,10H2,1H3. The molecule has 0 aliphatic heterocycles. The summed E-state index contributed by atoms with van der Waals surface area (Å²) in [5.41, 5.74) is 1.89. The average Bonchev–Trinajstić information content (AvgIpc) is 3.34. The van der Waals surface area contributed by atoms with E-state index in [2.05, 4.69) is 9.97 Å². The van der Waals surface area contributed by atoms with Crippen LogP contribution in [0.5, 0.6) is 5.75 Å². The molecule has 0 bridgehead atoms. The minimum Gasteiger partial charge on any atom is -0.497 e. The van der Waals surface area contributed by atoms with Gasteiger partial charge >= 0.3 is 0 Å². The molecule has 0 unspecified atom stereocenters. The smallest absolute Gasteiger partial charge is 0.271 e. The second-order valence-electron chi connectivity index (χ2n) is 5.74. The van der Waals surface area contributed by atoms with Crippen LogP contribution in [-0.2, 0) is 6.54 Å². The molecule has 0 spiro atoms. The molecule has 0 saturated carbocycles. The molecule has 0 aliphatic carbocycles. The third kappa shape index (κ3) is 2.93. The highest BCUT2D eigenvalue weighted by molar-refractivity contribution is 7.22. The van der Waals surface area contributed by atoms with Crippen LogP contribution >= 0.6 is 11.3 Å². The molecule has 0 fully saturated rings. The van der Waals surface area contributed by atoms with Crippen molar-refractivity contribution < 1.29 is 9.53 Å². The van der Waals surface area contributed by atoms with E-state index in [1.807, 2.05) is 30.3 Å². The van der Waals surface area contributed by atoms with E-state index in [-0.39, 0.29) is 17.9 Å². The number of ether oxygens (including phenoxy) is 1. The number of ketones is 1. The maximum atomic E-state index is 12.7. The number of benzene rings is 1. The van der Waals surface area contributed by atoms with Crippen molar-refractivity contribution in [3.8, 4) is 16.2 Å². The topological polar surface area (TPSA) is 77.0 Å². The van der Waals surface area contributed by atoms with Crippen LogP contribution in [0.3, 0.4) is 0 Å². The van der Waals surface area contributed by atoms with Crippen molar-refractivity contribution in [3.05, 3.63) is 71.0 Å². The van der Waals surface area contributed by atoms with E-state index in [4.69, 9.17) is 4.74 Å². The lowest BCUT2D eigenvalue weighted by atomic mass is 10.2. The summed E-state index contributed by atoms with van der Waals surface area (Å²) in [6.45, 7) is -0.0436. The van der Waals surface area contributed by atoms with E-state index >= 15 is 0 Å². The number of aromatic nitrogens is 3. The molecule has 0 radical (unpaired) electrons. The predicted octanol–water partition coefficient (Wildman–Crippen LogP) is 3.34. The summed E-state index contributed by atoms with van der Waals surface area (Å²) in [6, 6.07) is 13.0. The molecule has 0 saturated heterocycles. The Morgan fingerprint density at radius 1 is 1.27 bits per heavy atom. The first-order valence-corrected chi connectivity index (χ1v) is 8.77. The van der Waals surface area contributed by atoms with Crippen LogP contribution in [0.1, 0.15) is 10.5 Å². The van der Waals surface area contributed by atoms with E-state index in [1.54, 1.807) is 25.4 Å². The van der Waals surface area contributed by atoms with Gasteiger partial charge in [-0.2, -0.15) is 0 Å². The number of thiophene rings is 1. The van der Waals surface area contributed by atoms with Crippen molar-refractivity contribution in [1.29, 1.82) is 0 Å². The first-order valence-electron chi connectivity index (χ1n) is 7.95. The number of rotatable bonds is 5. The second kappa shape index (κ2) is 6.61. The zero-order valence-electron chi connectivity index (χ0n) is 13.9. The van der Waals surface area contributed by atoms with Crippen molar-refractivity contribution in [2.45, 2.75) is 6.54 Å². The summed E-state index contributed by atoms with van der Waals surface area (Å²) < 4.78 is 7.06. The summed E-state index contributed by atoms with van der Waals surface area (Å²) in [7, 11) is 1.62. The summed E-state index contributed by atoms with van der Waals surface area (Å²) in [6.07, 6.45) is 3.11. The highest BCUT2D eigenvalue weighted by atomic mass is 32.1. The van der Waals surface area contributed by atoms with Crippen LogP contribution in [0, 0.1) is 0 Å². The third-order valence-electron chi connectivity index (χ3n) is 4.09. The summed E-state index contributed by atoms with van der Waals surface area (Å²) in [5, 5.41) is 0. The number of nitrogens with one attached hydrogen (secondary N) is 1. The van der Waals surface area contributed by atoms with Gasteiger partial charge in [-0.05, 0) is 48.0 Å². The SMILES string of the molecule is COc1ccc(-c2cc3ncn(CC(=O)c4ccc[nH]4)c(=O)c3s2)cc1. The maximum Gasteiger partial charge on any atom is 0.271 e. The average molecular weight is 365 g/mol. The highest BCUT2D eigenvalue weighted by Gasteiger charge is 2.13. The molecular formula is C19H15N3O3S. The van der Waals surface area contributed by atoms with Gasteiger partial charge in [0.05, 0.1) is 31.2 Å². The molecule has 4 rings (SSSR count). The number of hydrogen-bond donors (Lipinski definition) is 1. The number of hydrogen-bond acceptors (Lipinski definition) is 5. The molecular weight excluding hydrogens is 350 g/mol. The van der Waals surface area contributed by atoms with Gasteiger partial charge in [-0.25, -0.2) is 4.98 Å². The maximum absolute atomic E-state index is 12.7. The van der Waals surface area contributed by atoms with Gasteiger partial charge in [0.25, 0.3) is 5.56 Å². The molecule has 7 heteroatoms. The first kappa shape index (κ1) is 16.3. The van der Waals surface area contributed by atoms with Crippen LogP contribution in [0.15, 0.2) is 59.8 Å². The molecule has 4 aromatic rings. The van der Waals surface area contributed by atoms with Gasteiger partial charge in [0.2, 0.25) is 0 Å². The Bertz CT molecular complexity index is 1130. The Morgan fingerprint density at radius 2 is 2.08 bits per heavy atom. The highest BCUT2D eigenvalue weighted by Crippen LogP contribution is 2.31. The van der Waals surface area contributed by atoms with Gasteiger partial charge < -0.3 is 9.72 Å². The molecule has 1 aromatic carbocycles. The van der Waals surface area contributed by atoms with E-state index in [9.17, 15) is 9.59 Å². The number of fused-ring (bicyclic) bond motifs is 1. The van der Waals surface area contributed by atoms with Crippen molar-refractivity contribution in [3.63, 3.8) is 0 Å². The van der Waals surface area contributed by atoms with Gasteiger partial charge in [0.15, 0.2) is 5.78 Å². The van der Waals surface area contributed by atoms with Crippen molar-refractivity contribution >= 4 is 27.3 Å². The predicted molar refractivity (Wildman–Crippen MR) is 101 cm³/mol. The van der Waals surface area contributed by atoms with Crippen LogP contribution in [0.4, 0.5) is 0 Å². The first-order chi connectivity index (χ1) is 12.7. The van der Waals surface area contributed by atoms with Gasteiger partial charge in [-0.15, -0.1) is 11.3 Å². The number of H-pyrrole nitrogens is 1. The fourth-order valence-corrected chi connectivity index (χ4v) is 3.76. The number of aromatic amines is 1. The minimum atomic E-state index is -0.209. The summed E-state index contributed by atoms with van der Waals surface area (Å²) in [4.78, 5) is 33.1. The van der Waals surface area contributed by atoms with E-state index in [0.29, 0.717) is 15.9 Å². The summed E-state index contributed by atoms with van der Waals surface area (Å²) in [5.74, 6) is 0.614. The van der Waals surface area contributed by atoms with Crippen LogP contribution < -0.4 is 10.3 Å². The minimum absolute atomic E-state index is 0.0436. The molecule has 3 aromatic heterocycles. The molecule has 130 valence electrons. The Balaban J connectivity index is 1.69. The van der Waals surface area contributed by atoms with Crippen LogP contribution in [0.2, 0.25) is 0 Å². The normalized spacial score (nSPS) is 11.0. The van der Waals surface area contributed by atoms with E-state index < -0.39 is 0 Å². The summed E-state index contributed by atoms with van der Waals surface area (Å²) >= 11 is 1.37. The number of carbonyl (C=O) groups is 1. The lowest BCUT2D eigenvalue weighted by molar-refractivity contribution is 0.0966. The molecule has 26 heavy (non-hydrogen) atoms. The Hall–Kier alpha value is -3.19. The molecule has 0 aliphatic rings. The zero-order valence-corrected chi connectivity index (χ0v) is 14.7. The van der Waals surface area contributed by atoms with Crippen molar-refractivity contribution in [1.82, 2.24) is 14.5 Å². The van der Waals surface area contributed by atoms with Crippen LogP contribution in [0.25, 0.3) is 20.7 Å². The molecule has 0 atom stereocenters. The number of carbonyl (C=O) groups excluding carboxylic acids is 1. The Labute approximate surface area is 152 Å². The lowest BCUT2D eigenvalue weighted by Crippen LogP contribution is -2.24. The second-order valence-corrected chi connectivity index (χ2v) is 6.79. The quantitative estimate of drug-likeness (QED) is 0.550. The van der Waals surface area contributed by atoms with Gasteiger partial charge in [0, 0.05) is 11.1 Å². The molecule has 6 nitrogen and oxygen atoms in total. The molecule has 0 amide bonds. The fraction of sp³-hybridized carbons (Fsp3) is 0.105.